The number of carbonyl (C=O) groups is 1. The first-order valence-electron chi connectivity index (χ1n) is 7.31. The van der Waals surface area contributed by atoms with Crippen LogP contribution in [-0.2, 0) is 16.4 Å². The van der Waals surface area contributed by atoms with Crippen molar-refractivity contribution in [3.63, 3.8) is 0 Å². The van der Waals surface area contributed by atoms with Gasteiger partial charge in [0.05, 0.1) is 17.1 Å². The molecule has 0 radical (unpaired) electrons. The Morgan fingerprint density at radius 3 is 2.50 bits per heavy atom. The molecule has 0 heterocycles. The van der Waals surface area contributed by atoms with E-state index in [2.05, 4.69) is 5.32 Å². The van der Waals surface area contributed by atoms with E-state index in [1.165, 1.54) is 6.07 Å². The molecule has 1 fully saturated rings. The van der Waals surface area contributed by atoms with Crippen LogP contribution in [0.5, 0.6) is 0 Å². The van der Waals surface area contributed by atoms with Gasteiger partial charge in [0, 0.05) is 6.54 Å². The topological polar surface area (TPSA) is 49.3 Å². The molecule has 1 amide bonds. The quantitative estimate of drug-likeness (QED) is 0.878. The largest absolute Gasteiger partial charge is 0.416 e. The lowest BCUT2D eigenvalue weighted by atomic mass is 9.93. The highest BCUT2D eigenvalue weighted by Crippen LogP contribution is 2.49. The summed E-state index contributed by atoms with van der Waals surface area (Å²) in [7, 11) is 0. The van der Waals surface area contributed by atoms with Gasteiger partial charge in [0.2, 0.25) is 5.91 Å². The summed E-state index contributed by atoms with van der Waals surface area (Å²) in [4.78, 5) is 12.3. The molecule has 0 spiro atoms. The smallest absolute Gasteiger partial charge is 0.391 e. The van der Waals surface area contributed by atoms with E-state index in [1.807, 2.05) is 13.8 Å². The molecule has 3 nitrogen and oxygen atoms in total. The average molecular weight is 315 g/mol. The Balaban J connectivity index is 2.13. The predicted octanol–water partition coefficient (Wildman–Crippen LogP) is 2.87. The van der Waals surface area contributed by atoms with Crippen molar-refractivity contribution < 1.29 is 23.1 Å². The number of hydrogen-bond acceptors (Lipinski definition) is 2. The maximum Gasteiger partial charge on any atom is 0.416 e. The maximum atomic E-state index is 12.8. The molecule has 2 N–H and O–H groups in total. The fourth-order valence-electron chi connectivity index (χ4n) is 2.37. The van der Waals surface area contributed by atoms with Gasteiger partial charge < -0.3 is 10.4 Å². The van der Waals surface area contributed by atoms with Crippen molar-refractivity contribution in [2.24, 2.45) is 5.92 Å². The summed E-state index contributed by atoms with van der Waals surface area (Å²) >= 11 is 0. The Morgan fingerprint density at radius 1 is 1.36 bits per heavy atom. The van der Waals surface area contributed by atoms with Crippen LogP contribution in [0, 0.1) is 5.92 Å². The van der Waals surface area contributed by atoms with Crippen LogP contribution in [0.4, 0.5) is 13.2 Å². The molecule has 0 aliphatic heterocycles. The van der Waals surface area contributed by atoms with Gasteiger partial charge in [0.25, 0.3) is 0 Å². The zero-order chi connectivity index (χ0) is 16.5. The molecular weight excluding hydrogens is 295 g/mol. The molecule has 1 saturated carbocycles. The first-order chi connectivity index (χ1) is 10.2. The number of nitrogens with one attached hydrogen (secondary N) is 1. The highest BCUT2D eigenvalue weighted by Gasteiger charge is 2.51. The minimum Gasteiger partial charge on any atom is -0.391 e. The van der Waals surface area contributed by atoms with E-state index in [9.17, 15) is 23.1 Å². The second-order valence-electron chi connectivity index (χ2n) is 6.18. The molecule has 22 heavy (non-hydrogen) atoms. The molecule has 1 aromatic rings. The van der Waals surface area contributed by atoms with Crippen molar-refractivity contribution in [1.29, 1.82) is 0 Å². The molecule has 2 rings (SSSR count). The summed E-state index contributed by atoms with van der Waals surface area (Å²) in [5.74, 6) is -0.310. The minimum atomic E-state index is -4.42. The lowest BCUT2D eigenvalue weighted by molar-refractivity contribution is -0.137. The lowest BCUT2D eigenvalue weighted by Crippen LogP contribution is -2.40. The fourth-order valence-corrected chi connectivity index (χ4v) is 2.37. The van der Waals surface area contributed by atoms with E-state index in [-0.39, 0.29) is 18.4 Å². The number of aliphatic hydroxyl groups excluding tert-OH is 1. The van der Waals surface area contributed by atoms with Crippen molar-refractivity contribution in [1.82, 2.24) is 5.32 Å². The SMILES string of the molecule is CC(C)C(O)CNC(=O)C1(c2cccc(C(F)(F)F)c2)CC1. The number of hydrogen-bond donors (Lipinski definition) is 2. The fraction of sp³-hybridized carbons (Fsp3) is 0.562. The zero-order valence-electron chi connectivity index (χ0n) is 12.6. The van der Waals surface area contributed by atoms with Gasteiger partial charge in [0.1, 0.15) is 0 Å². The van der Waals surface area contributed by atoms with Gasteiger partial charge in [-0.15, -0.1) is 0 Å². The van der Waals surface area contributed by atoms with Crippen molar-refractivity contribution in [3.8, 4) is 0 Å². The second kappa shape index (κ2) is 5.91. The van der Waals surface area contributed by atoms with Gasteiger partial charge in [-0.25, -0.2) is 0 Å². The summed E-state index contributed by atoms with van der Waals surface area (Å²) in [5.41, 5.74) is -1.23. The number of alkyl halides is 3. The maximum absolute atomic E-state index is 12.8. The molecule has 0 saturated heterocycles. The zero-order valence-corrected chi connectivity index (χ0v) is 12.6. The summed E-state index contributed by atoms with van der Waals surface area (Å²) in [6.07, 6.45) is -4.03. The first-order valence-corrected chi connectivity index (χ1v) is 7.31. The monoisotopic (exact) mass is 315 g/mol. The third-order valence-corrected chi connectivity index (χ3v) is 4.17. The average Bonchev–Trinajstić information content (AvgIpc) is 3.25. The molecule has 1 aromatic carbocycles. The van der Waals surface area contributed by atoms with Crippen LogP contribution >= 0.6 is 0 Å². The van der Waals surface area contributed by atoms with Crippen LogP contribution in [0.15, 0.2) is 24.3 Å². The normalized spacial score (nSPS) is 18.1. The van der Waals surface area contributed by atoms with Gasteiger partial charge in [-0.05, 0) is 30.4 Å². The minimum absolute atomic E-state index is 0.00371. The molecule has 122 valence electrons. The van der Waals surface area contributed by atoms with E-state index in [0.29, 0.717) is 18.4 Å². The third-order valence-electron chi connectivity index (χ3n) is 4.17. The van der Waals surface area contributed by atoms with Gasteiger partial charge in [-0.2, -0.15) is 13.2 Å². The predicted molar refractivity (Wildman–Crippen MR) is 76.2 cm³/mol. The summed E-state index contributed by atoms with van der Waals surface area (Å²) < 4.78 is 38.4. The van der Waals surface area contributed by atoms with Crippen molar-refractivity contribution in [3.05, 3.63) is 35.4 Å². The highest BCUT2D eigenvalue weighted by molar-refractivity contribution is 5.91. The summed E-state index contributed by atoms with van der Waals surface area (Å²) in [6, 6.07) is 4.93. The summed E-state index contributed by atoms with van der Waals surface area (Å²) in [5, 5.41) is 12.4. The Bertz CT molecular complexity index is 551. The molecule has 1 unspecified atom stereocenters. The van der Waals surface area contributed by atoms with E-state index in [1.54, 1.807) is 6.07 Å². The van der Waals surface area contributed by atoms with E-state index in [4.69, 9.17) is 0 Å². The number of benzene rings is 1. The lowest BCUT2D eigenvalue weighted by Gasteiger charge is -2.20. The van der Waals surface area contributed by atoms with Gasteiger partial charge in [-0.3, -0.25) is 4.79 Å². The molecule has 0 aromatic heterocycles. The number of rotatable bonds is 5. The molecule has 0 bridgehead atoms. The van der Waals surface area contributed by atoms with Crippen LogP contribution in [-0.4, -0.2) is 23.7 Å². The Kier molecular flexibility index (Phi) is 4.52. The Labute approximate surface area is 127 Å². The number of carbonyl (C=O) groups excluding carboxylic acids is 1. The Hall–Kier alpha value is -1.56. The van der Waals surface area contributed by atoms with Gasteiger partial charge in [0.15, 0.2) is 0 Å². The van der Waals surface area contributed by atoms with E-state index >= 15 is 0 Å². The van der Waals surface area contributed by atoms with Gasteiger partial charge in [-0.1, -0.05) is 32.0 Å². The van der Waals surface area contributed by atoms with Crippen molar-refractivity contribution in [2.75, 3.05) is 6.54 Å². The third kappa shape index (κ3) is 3.43. The molecule has 1 aliphatic carbocycles. The molecule has 1 atom stereocenters. The molecule has 1 aliphatic rings. The van der Waals surface area contributed by atoms with Crippen LogP contribution in [0.25, 0.3) is 0 Å². The first kappa shape index (κ1) is 16.8. The number of halogens is 3. The number of amides is 1. The van der Waals surface area contributed by atoms with Crippen molar-refractivity contribution >= 4 is 5.91 Å². The molecular formula is C16H20F3NO2. The standard InChI is InChI=1S/C16H20F3NO2/c1-10(2)13(21)9-20-14(22)15(6-7-15)11-4-3-5-12(8-11)16(17,18)19/h3-5,8,10,13,21H,6-7,9H2,1-2H3,(H,20,22). The second-order valence-corrected chi connectivity index (χ2v) is 6.18. The summed E-state index contributed by atoms with van der Waals surface area (Å²) in [6.45, 7) is 3.77. The van der Waals surface area contributed by atoms with E-state index < -0.39 is 23.3 Å². The van der Waals surface area contributed by atoms with Crippen molar-refractivity contribution in [2.45, 2.75) is 44.4 Å². The highest BCUT2D eigenvalue weighted by atomic mass is 19.4. The van der Waals surface area contributed by atoms with Gasteiger partial charge >= 0.3 is 6.18 Å². The van der Waals surface area contributed by atoms with Crippen LogP contribution in [0.2, 0.25) is 0 Å². The number of aliphatic hydroxyl groups is 1. The Morgan fingerprint density at radius 2 is 2.00 bits per heavy atom. The van der Waals surface area contributed by atoms with E-state index in [0.717, 1.165) is 12.1 Å². The van der Waals surface area contributed by atoms with Crippen LogP contribution in [0.3, 0.4) is 0 Å². The van der Waals surface area contributed by atoms with Crippen LogP contribution < -0.4 is 5.32 Å². The molecule has 6 heteroatoms. The van der Waals surface area contributed by atoms with Crippen LogP contribution in [0.1, 0.15) is 37.8 Å².